The van der Waals surface area contributed by atoms with Gasteiger partial charge in [0, 0.05) is 11.5 Å². The van der Waals surface area contributed by atoms with Crippen molar-refractivity contribution in [1.29, 1.82) is 0 Å². The van der Waals surface area contributed by atoms with Crippen LogP contribution in [0.15, 0.2) is 47.2 Å². The minimum Gasteiger partial charge on any atom is -0.455 e. The first-order chi connectivity index (χ1) is 7.79. The molecule has 0 saturated carbocycles. The minimum atomic E-state index is 0.731. The zero-order valence-corrected chi connectivity index (χ0v) is 11.5. The Hall–Kier alpha value is -0.870. The normalized spacial score (nSPS) is 10.1. The Bertz CT molecular complexity index is 474. The Kier molecular flexibility index (Phi) is 3.96. The highest BCUT2D eigenvalue weighted by Crippen LogP contribution is 2.30. The van der Waals surface area contributed by atoms with Gasteiger partial charge in [0.25, 0.3) is 0 Å². The van der Waals surface area contributed by atoms with Crippen molar-refractivity contribution >= 4 is 31.9 Å². The molecule has 0 unspecified atom stereocenters. The van der Waals surface area contributed by atoms with E-state index in [1.54, 1.807) is 12.4 Å². The molecule has 82 valence electrons. The molecule has 2 rings (SSSR count). The summed E-state index contributed by atoms with van der Waals surface area (Å²) >= 11 is 6.89. The fourth-order valence-electron chi connectivity index (χ4n) is 1.24. The Morgan fingerprint density at radius 3 is 2.75 bits per heavy atom. The molecule has 0 aliphatic rings. The Balaban J connectivity index is 2.22. The van der Waals surface area contributed by atoms with Gasteiger partial charge in [0.1, 0.15) is 11.5 Å². The van der Waals surface area contributed by atoms with Gasteiger partial charge in [0.2, 0.25) is 0 Å². The number of nitrogens with zero attached hydrogens (tertiary/aromatic N) is 1. The Morgan fingerprint density at radius 1 is 1.25 bits per heavy atom. The van der Waals surface area contributed by atoms with Gasteiger partial charge < -0.3 is 4.74 Å². The molecule has 16 heavy (non-hydrogen) atoms. The molecule has 0 fully saturated rings. The number of alkyl halides is 1. The van der Waals surface area contributed by atoms with Crippen LogP contribution in [0.1, 0.15) is 5.56 Å². The summed E-state index contributed by atoms with van der Waals surface area (Å²) in [5.41, 5.74) is 1.20. The molecule has 0 radical (unpaired) electrons. The molecule has 0 amide bonds. The molecule has 2 nitrogen and oxygen atoms in total. The molecule has 4 heteroatoms. The van der Waals surface area contributed by atoms with Gasteiger partial charge in [0.05, 0.1) is 10.7 Å². The van der Waals surface area contributed by atoms with Crippen LogP contribution in [-0.4, -0.2) is 4.98 Å². The van der Waals surface area contributed by atoms with E-state index in [0.717, 1.165) is 21.3 Å². The SMILES string of the molecule is BrCc1ccc(Oc2cccnc2)c(Br)c1. The van der Waals surface area contributed by atoms with Crippen LogP contribution in [0, 0.1) is 0 Å². The van der Waals surface area contributed by atoms with Crippen LogP contribution in [0.2, 0.25) is 0 Å². The molecule has 1 aromatic heterocycles. The van der Waals surface area contributed by atoms with Crippen LogP contribution in [-0.2, 0) is 5.33 Å². The van der Waals surface area contributed by atoms with Crippen molar-refractivity contribution in [1.82, 2.24) is 4.98 Å². The van der Waals surface area contributed by atoms with Crippen molar-refractivity contribution in [2.75, 3.05) is 0 Å². The van der Waals surface area contributed by atoms with Gasteiger partial charge in [-0.2, -0.15) is 0 Å². The predicted molar refractivity (Wildman–Crippen MR) is 71.1 cm³/mol. The maximum atomic E-state index is 5.68. The molecule has 0 saturated heterocycles. The molecule has 0 aliphatic heterocycles. The van der Waals surface area contributed by atoms with Crippen LogP contribution in [0.25, 0.3) is 0 Å². The zero-order valence-electron chi connectivity index (χ0n) is 8.36. The fourth-order valence-corrected chi connectivity index (χ4v) is 2.10. The second-order valence-electron chi connectivity index (χ2n) is 3.19. The van der Waals surface area contributed by atoms with Crippen molar-refractivity contribution in [2.24, 2.45) is 0 Å². The van der Waals surface area contributed by atoms with E-state index in [9.17, 15) is 0 Å². The van der Waals surface area contributed by atoms with E-state index in [4.69, 9.17) is 4.74 Å². The number of benzene rings is 1. The number of aromatic nitrogens is 1. The molecule has 1 aromatic carbocycles. The highest BCUT2D eigenvalue weighted by atomic mass is 79.9. The largest absolute Gasteiger partial charge is 0.455 e. The number of rotatable bonds is 3. The van der Waals surface area contributed by atoms with E-state index in [-0.39, 0.29) is 0 Å². The van der Waals surface area contributed by atoms with Crippen molar-refractivity contribution in [3.05, 3.63) is 52.8 Å². The van der Waals surface area contributed by atoms with Gasteiger partial charge in [-0.05, 0) is 45.8 Å². The molecule has 0 atom stereocenters. The number of hydrogen-bond donors (Lipinski definition) is 0. The van der Waals surface area contributed by atoms with Gasteiger partial charge in [-0.1, -0.05) is 22.0 Å². The lowest BCUT2D eigenvalue weighted by atomic mass is 10.2. The second kappa shape index (κ2) is 5.46. The maximum Gasteiger partial charge on any atom is 0.145 e. The van der Waals surface area contributed by atoms with Crippen molar-refractivity contribution < 1.29 is 4.74 Å². The Morgan fingerprint density at radius 2 is 2.12 bits per heavy atom. The summed E-state index contributed by atoms with van der Waals surface area (Å²) in [6, 6.07) is 9.70. The third-order valence-corrected chi connectivity index (χ3v) is 3.28. The van der Waals surface area contributed by atoms with Crippen molar-refractivity contribution in [2.45, 2.75) is 5.33 Å². The summed E-state index contributed by atoms with van der Waals surface area (Å²) in [5, 5.41) is 0.832. The van der Waals surface area contributed by atoms with Crippen LogP contribution in [0.4, 0.5) is 0 Å². The third kappa shape index (κ3) is 2.83. The van der Waals surface area contributed by atoms with Crippen LogP contribution in [0.5, 0.6) is 11.5 Å². The monoisotopic (exact) mass is 341 g/mol. The number of halogens is 2. The van der Waals surface area contributed by atoms with Gasteiger partial charge in [-0.25, -0.2) is 0 Å². The predicted octanol–water partition coefficient (Wildman–Crippen LogP) is 4.53. The number of hydrogen-bond acceptors (Lipinski definition) is 2. The van der Waals surface area contributed by atoms with Crippen molar-refractivity contribution in [3.8, 4) is 11.5 Å². The van der Waals surface area contributed by atoms with Crippen LogP contribution in [0.3, 0.4) is 0 Å². The van der Waals surface area contributed by atoms with Gasteiger partial charge in [-0.3, -0.25) is 4.98 Å². The minimum absolute atomic E-state index is 0.731. The van der Waals surface area contributed by atoms with Crippen LogP contribution < -0.4 is 4.74 Å². The van der Waals surface area contributed by atoms with E-state index in [1.165, 1.54) is 5.56 Å². The van der Waals surface area contributed by atoms with E-state index >= 15 is 0 Å². The van der Waals surface area contributed by atoms with E-state index in [2.05, 4.69) is 36.8 Å². The lowest BCUT2D eigenvalue weighted by molar-refractivity contribution is 0.477. The van der Waals surface area contributed by atoms with E-state index < -0.39 is 0 Å². The second-order valence-corrected chi connectivity index (χ2v) is 4.60. The molecular formula is C12H9Br2NO. The first-order valence-corrected chi connectivity index (χ1v) is 6.63. The third-order valence-electron chi connectivity index (χ3n) is 2.01. The van der Waals surface area contributed by atoms with E-state index in [0.29, 0.717) is 0 Å². The molecule has 0 aliphatic carbocycles. The smallest absolute Gasteiger partial charge is 0.145 e. The van der Waals surface area contributed by atoms with Gasteiger partial charge >= 0.3 is 0 Å². The van der Waals surface area contributed by atoms with E-state index in [1.807, 2.05) is 30.3 Å². The standard InChI is InChI=1S/C12H9Br2NO/c13-7-9-3-4-12(11(14)6-9)16-10-2-1-5-15-8-10/h1-6,8H,7H2. The number of ether oxygens (including phenoxy) is 1. The zero-order chi connectivity index (χ0) is 11.4. The quantitative estimate of drug-likeness (QED) is 0.764. The summed E-state index contributed by atoms with van der Waals surface area (Å²) in [6.07, 6.45) is 3.40. The summed E-state index contributed by atoms with van der Waals surface area (Å²) in [4.78, 5) is 4.00. The fraction of sp³-hybridized carbons (Fsp3) is 0.0833. The topological polar surface area (TPSA) is 22.1 Å². The molecule has 0 spiro atoms. The summed E-state index contributed by atoms with van der Waals surface area (Å²) in [7, 11) is 0. The van der Waals surface area contributed by atoms with Gasteiger partial charge in [0.15, 0.2) is 0 Å². The first-order valence-electron chi connectivity index (χ1n) is 4.72. The lowest BCUT2D eigenvalue weighted by Crippen LogP contribution is -1.87. The Labute approximate surface area is 111 Å². The molecule has 0 bridgehead atoms. The van der Waals surface area contributed by atoms with Crippen molar-refractivity contribution in [3.63, 3.8) is 0 Å². The molecule has 1 heterocycles. The summed E-state index contributed by atoms with van der Waals surface area (Å²) < 4.78 is 6.62. The van der Waals surface area contributed by atoms with Gasteiger partial charge in [-0.15, -0.1) is 0 Å². The lowest BCUT2D eigenvalue weighted by Gasteiger charge is -2.07. The summed E-state index contributed by atoms with van der Waals surface area (Å²) in [5.74, 6) is 1.52. The van der Waals surface area contributed by atoms with Crippen LogP contribution >= 0.6 is 31.9 Å². The molecule has 0 N–H and O–H groups in total. The highest BCUT2D eigenvalue weighted by molar-refractivity contribution is 9.10. The summed E-state index contributed by atoms with van der Waals surface area (Å²) in [6.45, 7) is 0. The molecule has 2 aromatic rings. The first kappa shape index (κ1) is 11.6. The highest BCUT2D eigenvalue weighted by Gasteiger charge is 2.03. The molecular weight excluding hydrogens is 334 g/mol. The number of pyridine rings is 1. The average Bonchev–Trinajstić information content (AvgIpc) is 2.33. The average molecular weight is 343 g/mol. The maximum absolute atomic E-state index is 5.68.